The zero-order valence-electron chi connectivity index (χ0n) is 9.70. The number of nitrogens with zero attached hydrogens (tertiary/aromatic N) is 1. The molecule has 1 aliphatic rings. The highest BCUT2D eigenvalue weighted by Gasteiger charge is 2.26. The number of carbonyl (C=O) groups is 1. The van der Waals surface area contributed by atoms with E-state index in [2.05, 4.69) is 5.32 Å². The van der Waals surface area contributed by atoms with Crippen molar-refractivity contribution in [1.29, 1.82) is 0 Å². The van der Waals surface area contributed by atoms with Crippen LogP contribution in [0.2, 0.25) is 0 Å². The van der Waals surface area contributed by atoms with Crippen LogP contribution in [0.3, 0.4) is 0 Å². The summed E-state index contributed by atoms with van der Waals surface area (Å²) in [5.74, 6) is 0.291. The number of nitrogens with one attached hydrogen (secondary N) is 1. The number of piperidine rings is 1. The Hall–Kier alpha value is -0.610. The first kappa shape index (κ1) is 12.5. The summed E-state index contributed by atoms with van der Waals surface area (Å²) in [4.78, 5) is 13.9. The second-order valence-corrected chi connectivity index (χ2v) is 4.39. The number of aliphatic hydroxyl groups is 1. The van der Waals surface area contributed by atoms with E-state index in [0.29, 0.717) is 6.54 Å². The molecule has 0 radical (unpaired) electrons. The third kappa shape index (κ3) is 3.47. The molecule has 1 rings (SSSR count). The van der Waals surface area contributed by atoms with Crippen molar-refractivity contribution < 1.29 is 9.90 Å². The third-order valence-electron chi connectivity index (χ3n) is 2.89. The highest BCUT2D eigenvalue weighted by molar-refractivity contribution is 5.79. The summed E-state index contributed by atoms with van der Waals surface area (Å²) < 4.78 is 0. The van der Waals surface area contributed by atoms with Crippen molar-refractivity contribution in [2.45, 2.75) is 32.7 Å². The number of hydrogen-bond donors (Lipinski definition) is 2. The van der Waals surface area contributed by atoms with Crippen LogP contribution in [0.1, 0.15) is 26.7 Å². The largest absolute Gasteiger partial charge is 0.395 e. The molecule has 0 saturated carbocycles. The number of hydrogen-bond acceptors (Lipinski definition) is 3. The van der Waals surface area contributed by atoms with Gasteiger partial charge in [0.05, 0.1) is 12.5 Å². The first-order chi connectivity index (χ1) is 7.16. The van der Waals surface area contributed by atoms with Crippen molar-refractivity contribution in [3.05, 3.63) is 0 Å². The van der Waals surface area contributed by atoms with E-state index in [1.54, 1.807) is 4.90 Å². The van der Waals surface area contributed by atoms with E-state index < -0.39 is 0 Å². The van der Waals surface area contributed by atoms with Crippen molar-refractivity contribution in [2.24, 2.45) is 5.92 Å². The molecule has 0 aromatic heterocycles. The fourth-order valence-electron chi connectivity index (χ4n) is 2.03. The van der Waals surface area contributed by atoms with Gasteiger partial charge in [-0.3, -0.25) is 4.79 Å². The number of rotatable bonds is 4. The van der Waals surface area contributed by atoms with Crippen molar-refractivity contribution in [3.8, 4) is 0 Å². The first-order valence-electron chi connectivity index (χ1n) is 5.79. The maximum absolute atomic E-state index is 12.1. The summed E-state index contributed by atoms with van der Waals surface area (Å²) >= 11 is 0. The van der Waals surface area contributed by atoms with Crippen LogP contribution < -0.4 is 5.32 Å². The second-order valence-electron chi connectivity index (χ2n) is 4.39. The molecule has 1 fully saturated rings. The second kappa shape index (κ2) is 6.08. The van der Waals surface area contributed by atoms with Crippen LogP contribution in [0.25, 0.3) is 0 Å². The smallest absolute Gasteiger partial charge is 0.227 e. The quantitative estimate of drug-likeness (QED) is 0.703. The van der Waals surface area contributed by atoms with E-state index >= 15 is 0 Å². The van der Waals surface area contributed by atoms with Gasteiger partial charge in [-0.25, -0.2) is 0 Å². The Bertz CT molecular complexity index is 201. The highest BCUT2D eigenvalue weighted by atomic mass is 16.3. The van der Waals surface area contributed by atoms with E-state index in [9.17, 15) is 4.79 Å². The molecule has 0 bridgehead atoms. The van der Waals surface area contributed by atoms with Crippen molar-refractivity contribution >= 4 is 5.91 Å². The van der Waals surface area contributed by atoms with Gasteiger partial charge in [-0.05, 0) is 33.2 Å². The van der Waals surface area contributed by atoms with Gasteiger partial charge in [-0.1, -0.05) is 0 Å². The summed E-state index contributed by atoms with van der Waals surface area (Å²) in [6, 6.07) is 0.173. The summed E-state index contributed by atoms with van der Waals surface area (Å²) in [5.41, 5.74) is 0. The summed E-state index contributed by atoms with van der Waals surface area (Å²) in [6.07, 6.45) is 2.04. The van der Waals surface area contributed by atoms with Gasteiger partial charge in [0.2, 0.25) is 5.91 Å². The lowest BCUT2D eigenvalue weighted by molar-refractivity contribution is -0.138. The lowest BCUT2D eigenvalue weighted by atomic mass is 9.97. The van der Waals surface area contributed by atoms with Crippen LogP contribution in [0.15, 0.2) is 0 Å². The zero-order chi connectivity index (χ0) is 11.3. The minimum atomic E-state index is 0.0457. The standard InChI is InChI=1S/C11H22N2O2/c1-9(2)13(6-7-14)11(15)10-4-3-5-12-8-10/h9-10,12,14H,3-8H2,1-2H3/t10-/m1/s1. The molecule has 0 aromatic rings. The summed E-state index contributed by atoms with van der Waals surface area (Å²) in [5, 5.41) is 12.2. The number of aliphatic hydroxyl groups excluding tert-OH is 1. The average molecular weight is 214 g/mol. The van der Waals surface area contributed by atoms with E-state index in [4.69, 9.17) is 5.11 Å². The minimum absolute atomic E-state index is 0.0457. The monoisotopic (exact) mass is 214 g/mol. The molecule has 15 heavy (non-hydrogen) atoms. The third-order valence-corrected chi connectivity index (χ3v) is 2.89. The molecule has 1 atom stereocenters. The normalized spacial score (nSPS) is 21.7. The minimum Gasteiger partial charge on any atom is -0.395 e. The molecule has 1 amide bonds. The predicted octanol–water partition coefficient (Wildman–Crippen LogP) is 0.215. The maximum Gasteiger partial charge on any atom is 0.227 e. The Balaban J connectivity index is 2.53. The SMILES string of the molecule is CC(C)N(CCO)C(=O)[C@@H]1CCCNC1. The molecule has 0 unspecified atom stereocenters. The Morgan fingerprint density at radius 1 is 1.60 bits per heavy atom. The van der Waals surface area contributed by atoms with Crippen molar-refractivity contribution in [3.63, 3.8) is 0 Å². The molecule has 0 aromatic carbocycles. The Kier molecular flexibility index (Phi) is 5.05. The molecule has 4 heteroatoms. The van der Waals surface area contributed by atoms with E-state index in [-0.39, 0.29) is 24.5 Å². The predicted molar refractivity (Wildman–Crippen MR) is 59.5 cm³/mol. The molecule has 1 saturated heterocycles. The molecular formula is C11H22N2O2. The van der Waals surface area contributed by atoms with Crippen LogP contribution in [-0.2, 0) is 4.79 Å². The van der Waals surface area contributed by atoms with Crippen LogP contribution in [0.4, 0.5) is 0 Å². The molecule has 1 aliphatic heterocycles. The molecule has 4 nitrogen and oxygen atoms in total. The van der Waals surface area contributed by atoms with Crippen LogP contribution >= 0.6 is 0 Å². The topological polar surface area (TPSA) is 52.6 Å². The Labute approximate surface area is 91.6 Å². The Morgan fingerprint density at radius 3 is 2.80 bits per heavy atom. The van der Waals surface area contributed by atoms with Crippen molar-refractivity contribution in [1.82, 2.24) is 10.2 Å². The molecule has 2 N–H and O–H groups in total. The van der Waals surface area contributed by atoms with Crippen molar-refractivity contribution in [2.75, 3.05) is 26.2 Å². The number of amides is 1. The highest BCUT2D eigenvalue weighted by Crippen LogP contribution is 2.14. The van der Waals surface area contributed by atoms with Gasteiger partial charge >= 0.3 is 0 Å². The maximum atomic E-state index is 12.1. The zero-order valence-corrected chi connectivity index (χ0v) is 9.70. The Morgan fingerprint density at radius 2 is 2.33 bits per heavy atom. The molecule has 88 valence electrons. The van der Waals surface area contributed by atoms with Gasteiger partial charge in [0.25, 0.3) is 0 Å². The van der Waals surface area contributed by atoms with Gasteiger partial charge in [-0.15, -0.1) is 0 Å². The summed E-state index contributed by atoms with van der Waals surface area (Å²) in [7, 11) is 0. The molecular weight excluding hydrogens is 192 g/mol. The molecule has 0 spiro atoms. The molecule has 1 heterocycles. The van der Waals surface area contributed by atoms with Gasteiger partial charge < -0.3 is 15.3 Å². The van der Waals surface area contributed by atoms with E-state index in [1.165, 1.54) is 0 Å². The van der Waals surface area contributed by atoms with Gasteiger partial charge in [0.1, 0.15) is 0 Å². The number of carbonyl (C=O) groups excluding carboxylic acids is 1. The van der Waals surface area contributed by atoms with Gasteiger partial charge in [-0.2, -0.15) is 0 Å². The van der Waals surface area contributed by atoms with Gasteiger partial charge in [0, 0.05) is 19.1 Å². The lowest BCUT2D eigenvalue weighted by Crippen LogP contribution is -2.46. The fraction of sp³-hybridized carbons (Fsp3) is 0.909. The van der Waals surface area contributed by atoms with Crippen LogP contribution in [-0.4, -0.2) is 48.2 Å². The van der Waals surface area contributed by atoms with Crippen LogP contribution in [0.5, 0.6) is 0 Å². The van der Waals surface area contributed by atoms with E-state index in [1.807, 2.05) is 13.8 Å². The fourth-order valence-corrected chi connectivity index (χ4v) is 2.03. The summed E-state index contributed by atoms with van der Waals surface area (Å²) in [6.45, 7) is 6.28. The van der Waals surface area contributed by atoms with E-state index in [0.717, 1.165) is 25.9 Å². The molecule has 0 aliphatic carbocycles. The van der Waals surface area contributed by atoms with Gasteiger partial charge in [0.15, 0.2) is 0 Å². The average Bonchev–Trinajstić information content (AvgIpc) is 2.26. The first-order valence-corrected chi connectivity index (χ1v) is 5.79. The van der Waals surface area contributed by atoms with Crippen LogP contribution in [0, 0.1) is 5.92 Å². The lowest BCUT2D eigenvalue weighted by Gasteiger charge is -2.32.